The van der Waals surface area contributed by atoms with Crippen LogP contribution in [0.15, 0.2) is 34.1 Å². The second-order valence-corrected chi connectivity index (χ2v) is 7.77. The highest BCUT2D eigenvalue weighted by Crippen LogP contribution is 2.45. The molecule has 0 saturated carbocycles. The number of halogens is 2. The first-order valence-corrected chi connectivity index (χ1v) is 9.60. The number of nitrogens with zero attached hydrogens (tertiary/aromatic N) is 2. The predicted octanol–water partition coefficient (Wildman–Crippen LogP) is 4.02. The number of thioether (sulfide) groups is 1. The minimum atomic E-state index is -2.89. The van der Waals surface area contributed by atoms with Crippen molar-refractivity contribution in [2.45, 2.75) is 37.7 Å². The van der Waals surface area contributed by atoms with Crippen LogP contribution >= 0.6 is 11.8 Å². The average molecular weight is 395 g/mol. The maximum atomic E-state index is 12.7. The molecule has 3 heterocycles. The van der Waals surface area contributed by atoms with Crippen molar-refractivity contribution in [3.63, 3.8) is 0 Å². The number of hydrogen-bond donors (Lipinski definition) is 1. The Hall–Kier alpha value is -2.13. The smallest absolute Gasteiger partial charge is 0.387 e. The van der Waals surface area contributed by atoms with Gasteiger partial charge in [0.1, 0.15) is 5.75 Å². The minimum absolute atomic E-state index is 0.0742. The van der Waals surface area contributed by atoms with Gasteiger partial charge in [-0.15, -0.1) is 0 Å². The van der Waals surface area contributed by atoms with Crippen molar-refractivity contribution in [2.24, 2.45) is 4.99 Å². The van der Waals surface area contributed by atoms with Crippen molar-refractivity contribution in [3.8, 4) is 5.75 Å². The van der Waals surface area contributed by atoms with Crippen LogP contribution in [0.3, 0.4) is 0 Å². The summed E-state index contributed by atoms with van der Waals surface area (Å²) in [6, 6.07) is 6.62. The van der Waals surface area contributed by atoms with Gasteiger partial charge in [0, 0.05) is 13.2 Å². The van der Waals surface area contributed by atoms with Gasteiger partial charge in [-0.25, -0.2) is 4.99 Å². The normalized spacial score (nSPS) is 20.4. The summed E-state index contributed by atoms with van der Waals surface area (Å²) in [5.41, 5.74) is 1.07. The lowest BCUT2D eigenvalue weighted by atomic mass is 10.1. The van der Waals surface area contributed by atoms with Gasteiger partial charge in [0.15, 0.2) is 5.82 Å². The Kier molecular flexibility index (Phi) is 5.05. The molecule has 1 atom stereocenters. The summed E-state index contributed by atoms with van der Waals surface area (Å²) in [6.07, 6.45) is 1.61. The van der Waals surface area contributed by atoms with E-state index in [2.05, 4.69) is 14.8 Å². The summed E-state index contributed by atoms with van der Waals surface area (Å²) >= 11 is 1.43. The van der Waals surface area contributed by atoms with E-state index < -0.39 is 6.61 Å². The molecule has 0 spiro atoms. The van der Waals surface area contributed by atoms with Gasteiger partial charge in [-0.1, -0.05) is 23.9 Å². The molecule has 1 fully saturated rings. The highest BCUT2D eigenvalue weighted by Gasteiger charge is 2.32. The summed E-state index contributed by atoms with van der Waals surface area (Å²) in [4.78, 5) is 17.3. The van der Waals surface area contributed by atoms with Crippen LogP contribution < -0.4 is 10.3 Å². The van der Waals surface area contributed by atoms with E-state index in [9.17, 15) is 13.6 Å². The number of fused-ring (bicyclic) bond motifs is 1. The predicted molar refractivity (Wildman–Crippen MR) is 99.4 cm³/mol. The van der Waals surface area contributed by atoms with Crippen LogP contribution in [-0.4, -0.2) is 34.6 Å². The van der Waals surface area contributed by atoms with E-state index in [4.69, 9.17) is 4.74 Å². The standard InChI is InChI=1S/C18H19F2N3O3S/c1-10-21-16-14(17(24)22-23(16)12-5-7-25-8-6-12)15(27-10)11-3-2-4-13(9-11)26-18(19)20/h2-4,9,12,15,18H,5-8H2,1H3,(H,22,24)/t15-/m1/s1. The highest BCUT2D eigenvalue weighted by atomic mass is 32.2. The van der Waals surface area contributed by atoms with Gasteiger partial charge in [-0.3, -0.25) is 14.6 Å². The third-order valence-electron chi connectivity index (χ3n) is 4.69. The summed E-state index contributed by atoms with van der Waals surface area (Å²) < 4.78 is 36.9. The third-order valence-corrected chi connectivity index (χ3v) is 5.87. The first-order chi connectivity index (χ1) is 13.0. The van der Waals surface area contributed by atoms with Gasteiger partial charge in [-0.2, -0.15) is 8.78 Å². The molecule has 9 heteroatoms. The Morgan fingerprint density at radius 2 is 2.15 bits per heavy atom. The van der Waals surface area contributed by atoms with Crippen molar-refractivity contribution >= 4 is 22.6 Å². The number of aliphatic imine (C=N–C) groups is 1. The molecule has 0 aliphatic carbocycles. The minimum Gasteiger partial charge on any atom is -0.435 e. The van der Waals surface area contributed by atoms with Crippen LogP contribution in [0.4, 0.5) is 14.6 Å². The quantitative estimate of drug-likeness (QED) is 0.849. The van der Waals surface area contributed by atoms with Crippen molar-refractivity contribution in [1.82, 2.24) is 9.78 Å². The van der Waals surface area contributed by atoms with E-state index in [1.807, 2.05) is 17.7 Å². The Bertz CT molecular complexity index is 919. The van der Waals surface area contributed by atoms with Crippen molar-refractivity contribution in [3.05, 3.63) is 45.7 Å². The lowest BCUT2D eigenvalue weighted by Crippen LogP contribution is -2.21. The van der Waals surface area contributed by atoms with E-state index in [1.54, 1.807) is 12.1 Å². The molecular formula is C18H19F2N3O3S. The molecule has 0 amide bonds. The lowest BCUT2D eigenvalue weighted by Gasteiger charge is -2.26. The molecule has 6 nitrogen and oxygen atoms in total. The van der Waals surface area contributed by atoms with Gasteiger partial charge >= 0.3 is 6.61 Å². The maximum Gasteiger partial charge on any atom is 0.387 e. The molecule has 1 saturated heterocycles. The first-order valence-electron chi connectivity index (χ1n) is 8.72. The highest BCUT2D eigenvalue weighted by molar-refractivity contribution is 8.14. The zero-order valence-electron chi connectivity index (χ0n) is 14.7. The molecule has 0 radical (unpaired) electrons. The third kappa shape index (κ3) is 3.66. The van der Waals surface area contributed by atoms with Crippen LogP contribution in [-0.2, 0) is 4.74 Å². The zero-order valence-corrected chi connectivity index (χ0v) is 15.5. The summed E-state index contributed by atoms with van der Waals surface area (Å²) in [7, 11) is 0. The van der Waals surface area contributed by atoms with Gasteiger partial charge in [0.2, 0.25) is 0 Å². The molecule has 0 bridgehead atoms. The fourth-order valence-electron chi connectivity index (χ4n) is 3.51. The summed E-state index contributed by atoms with van der Waals surface area (Å²) in [6.45, 7) is 0.281. The van der Waals surface area contributed by atoms with Crippen molar-refractivity contribution in [2.75, 3.05) is 13.2 Å². The topological polar surface area (TPSA) is 68.6 Å². The van der Waals surface area contributed by atoms with E-state index in [0.29, 0.717) is 24.6 Å². The largest absolute Gasteiger partial charge is 0.435 e. The Morgan fingerprint density at radius 3 is 2.89 bits per heavy atom. The summed E-state index contributed by atoms with van der Waals surface area (Å²) in [5.74, 6) is 0.693. The number of alkyl halides is 2. The Balaban J connectivity index is 1.75. The molecule has 1 aromatic heterocycles. The Labute approximate surface area is 158 Å². The van der Waals surface area contributed by atoms with Crippen LogP contribution in [0.2, 0.25) is 0 Å². The van der Waals surface area contributed by atoms with Crippen molar-refractivity contribution < 1.29 is 18.3 Å². The molecule has 2 aromatic rings. The number of rotatable bonds is 4. The SMILES string of the molecule is CC1=Nc2c(c(=O)[nH]n2C2CCOCC2)[C@@H](c2cccc(OC(F)F)c2)S1. The van der Waals surface area contributed by atoms with Gasteiger partial charge in [-0.05, 0) is 37.5 Å². The molecule has 4 rings (SSSR count). The number of ether oxygens (including phenoxy) is 2. The second kappa shape index (κ2) is 7.47. The number of aromatic nitrogens is 2. The summed E-state index contributed by atoms with van der Waals surface area (Å²) in [5, 5.41) is 3.41. The fourth-order valence-corrected chi connectivity index (χ4v) is 4.60. The molecule has 0 unspecified atom stereocenters. The average Bonchev–Trinajstić information content (AvgIpc) is 2.98. The zero-order chi connectivity index (χ0) is 19.0. The van der Waals surface area contributed by atoms with Crippen LogP contribution in [0.5, 0.6) is 5.75 Å². The molecule has 1 aromatic carbocycles. The number of hydrogen-bond acceptors (Lipinski definition) is 5. The second-order valence-electron chi connectivity index (χ2n) is 6.47. The molecule has 27 heavy (non-hydrogen) atoms. The van der Waals surface area contributed by atoms with E-state index in [-0.39, 0.29) is 22.6 Å². The fraction of sp³-hybridized carbons (Fsp3) is 0.444. The van der Waals surface area contributed by atoms with Gasteiger partial charge < -0.3 is 9.47 Å². The number of benzene rings is 1. The molecule has 2 aliphatic heterocycles. The van der Waals surface area contributed by atoms with Crippen LogP contribution in [0, 0.1) is 0 Å². The van der Waals surface area contributed by atoms with Gasteiger partial charge in [0.25, 0.3) is 5.56 Å². The van der Waals surface area contributed by atoms with Crippen LogP contribution in [0.25, 0.3) is 0 Å². The van der Waals surface area contributed by atoms with E-state index in [1.165, 1.54) is 17.8 Å². The Morgan fingerprint density at radius 1 is 1.37 bits per heavy atom. The number of H-pyrrole nitrogens is 1. The van der Waals surface area contributed by atoms with E-state index >= 15 is 0 Å². The van der Waals surface area contributed by atoms with Crippen LogP contribution in [0.1, 0.15) is 42.2 Å². The van der Waals surface area contributed by atoms with E-state index in [0.717, 1.165) is 23.4 Å². The molecular weight excluding hydrogens is 376 g/mol. The maximum absolute atomic E-state index is 12.7. The van der Waals surface area contributed by atoms with Crippen molar-refractivity contribution in [1.29, 1.82) is 0 Å². The molecule has 144 valence electrons. The molecule has 1 N–H and O–H groups in total. The van der Waals surface area contributed by atoms with Gasteiger partial charge in [0.05, 0.1) is 21.9 Å². The molecule has 2 aliphatic rings. The monoisotopic (exact) mass is 395 g/mol. The lowest BCUT2D eigenvalue weighted by molar-refractivity contribution is -0.0498. The first kappa shape index (κ1) is 18.2. The number of aromatic amines is 1. The number of nitrogens with one attached hydrogen (secondary N) is 1.